The number of halogens is 1. The van der Waals surface area contributed by atoms with Crippen molar-refractivity contribution < 1.29 is 9.47 Å². The Morgan fingerprint density at radius 3 is 3.13 bits per heavy atom. The summed E-state index contributed by atoms with van der Waals surface area (Å²) in [5.41, 5.74) is 0. The van der Waals surface area contributed by atoms with E-state index in [0.29, 0.717) is 23.4 Å². The summed E-state index contributed by atoms with van der Waals surface area (Å²) < 4.78 is 11.6. The Labute approximate surface area is 140 Å². The Kier molecular flexibility index (Phi) is 5.12. The number of rotatable bonds is 5. The van der Waals surface area contributed by atoms with Crippen LogP contribution in [0.1, 0.15) is 19.8 Å². The van der Waals surface area contributed by atoms with E-state index in [2.05, 4.69) is 19.9 Å². The fourth-order valence-corrected chi connectivity index (χ4v) is 2.76. The van der Waals surface area contributed by atoms with Crippen LogP contribution in [0.15, 0.2) is 30.7 Å². The average Bonchev–Trinajstić information content (AvgIpc) is 2.57. The molecular weight excluding hydrogens is 316 g/mol. The van der Waals surface area contributed by atoms with Gasteiger partial charge in [0.05, 0.1) is 25.5 Å². The van der Waals surface area contributed by atoms with E-state index in [1.165, 1.54) is 6.20 Å². The molecule has 0 bridgehead atoms. The van der Waals surface area contributed by atoms with Crippen molar-refractivity contribution in [3.63, 3.8) is 0 Å². The van der Waals surface area contributed by atoms with Crippen molar-refractivity contribution in [3.05, 3.63) is 35.9 Å². The molecule has 23 heavy (non-hydrogen) atoms. The van der Waals surface area contributed by atoms with Crippen LogP contribution in [-0.4, -0.2) is 40.8 Å². The van der Waals surface area contributed by atoms with Crippen LogP contribution in [0.5, 0.6) is 11.6 Å². The zero-order chi connectivity index (χ0) is 16.1. The minimum atomic E-state index is 0.0265. The molecule has 0 spiro atoms. The van der Waals surface area contributed by atoms with Gasteiger partial charge < -0.3 is 14.4 Å². The molecule has 1 aliphatic rings. The Hall–Kier alpha value is -2.08. The van der Waals surface area contributed by atoms with Gasteiger partial charge in [-0.05, 0) is 31.9 Å². The molecule has 0 amide bonds. The van der Waals surface area contributed by atoms with Gasteiger partial charge in [-0.2, -0.15) is 0 Å². The maximum absolute atomic E-state index is 6.06. The predicted octanol–water partition coefficient (Wildman–Crippen LogP) is 2.97. The zero-order valence-electron chi connectivity index (χ0n) is 13.0. The SMILES string of the molecule is CCOc1cccnc1OC1CCCN(c2cncc(Cl)n2)C1. The van der Waals surface area contributed by atoms with Crippen molar-refractivity contribution >= 4 is 17.4 Å². The molecule has 122 valence electrons. The van der Waals surface area contributed by atoms with Crippen LogP contribution in [0.2, 0.25) is 5.15 Å². The molecule has 2 aromatic rings. The van der Waals surface area contributed by atoms with Crippen molar-refractivity contribution in [2.24, 2.45) is 0 Å². The van der Waals surface area contributed by atoms with Crippen LogP contribution in [0.25, 0.3) is 0 Å². The van der Waals surface area contributed by atoms with Gasteiger partial charge in [-0.25, -0.2) is 9.97 Å². The van der Waals surface area contributed by atoms with Crippen molar-refractivity contribution in [2.75, 3.05) is 24.6 Å². The van der Waals surface area contributed by atoms with Gasteiger partial charge >= 0.3 is 0 Å². The molecule has 2 aromatic heterocycles. The van der Waals surface area contributed by atoms with Crippen molar-refractivity contribution in [1.29, 1.82) is 0 Å². The molecular formula is C16H19ClN4O2. The van der Waals surface area contributed by atoms with Gasteiger partial charge in [-0.1, -0.05) is 11.6 Å². The minimum Gasteiger partial charge on any atom is -0.488 e. The topological polar surface area (TPSA) is 60.4 Å². The van der Waals surface area contributed by atoms with Crippen LogP contribution in [0, 0.1) is 0 Å². The van der Waals surface area contributed by atoms with Crippen molar-refractivity contribution in [3.8, 4) is 11.6 Å². The highest BCUT2D eigenvalue weighted by molar-refractivity contribution is 6.29. The summed E-state index contributed by atoms with van der Waals surface area (Å²) in [6.07, 6.45) is 6.97. The average molecular weight is 335 g/mol. The maximum atomic E-state index is 6.06. The van der Waals surface area contributed by atoms with E-state index in [4.69, 9.17) is 21.1 Å². The lowest BCUT2D eigenvalue weighted by Gasteiger charge is -2.33. The van der Waals surface area contributed by atoms with Crippen LogP contribution in [-0.2, 0) is 0 Å². The Morgan fingerprint density at radius 1 is 1.39 bits per heavy atom. The lowest BCUT2D eigenvalue weighted by Crippen LogP contribution is -2.41. The van der Waals surface area contributed by atoms with Crippen LogP contribution >= 0.6 is 11.6 Å². The second kappa shape index (κ2) is 7.46. The van der Waals surface area contributed by atoms with Crippen molar-refractivity contribution in [1.82, 2.24) is 15.0 Å². The number of piperidine rings is 1. The van der Waals surface area contributed by atoms with Gasteiger partial charge in [0.15, 0.2) is 5.75 Å². The molecule has 0 saturated carbocycles. The van der Waals surface area contributed by atoms with E-state index in [-0.39, 0.29) is 6.10 Å². The van der Waals surface area contributed by atoms with E-state index in [0.717, 1.165) is 31.7 Å². The second-order valence-corrected chi connectivity index (χ2v) is 5.66. The fraction of sp³-hybridized carbons (Fsp3) is 0.438. The molecule has 1 aliphatic heterocycles. The molecule has 0 radical (unpaired) electrons. The van der Waals surface area contributed by atoms with Gasteiger partial charge in [0.25, 0.3) is 5.88 Å². The third-order valence-corrected chi connectivity index (χ3v) is 3.79. The molecule has 1 saturated heterocycles. The molecule has 3 rings (SSSR count). The Bertz CT molecular complexity index is 655. The first-order valence-corrected chi connectivity index (χ1v) is 8.11. The monoisotopic (exact) mass is 334 g/mol. The molecule has 6 nitrogen and oxygen atoms in total. The van der Waals surface area contributed by atoms with E-state index < -0.39 is 0 Å². The van der Waals surface area contributed by atoms with Gasteiger partial charge in [-0.15, -0.1) is 0 Å². The molecule has 0 N–H and O–H groups in total. The summed E-state index contributed by atoms with van der Waals surface area (Å²) in [7, 11) is 0. The summed E-state index contributed by atoms with van der Waals surface area (Å²) in [5, 5.41) is 0.397. The van der Waals surface area contributed by atoms with Gasteiger partial charge in [0.1, 0.15) is 17.1 Å². The quantitative estimate of drug-likeness (QED) is 0.837. The largest absolute Gasteiger partial charge is 0.488 e. The number of pyridine rings is 1. The molecule has 3 heterocycles. The number of nitrogens with zero attached hydrogens (tertiary/aromatic N) is 4. The first kappa shape index (κ1) is 15.8. The second-order valence-electron chi connectivity index (χ2n) is 5.27. The number of aromatic nitrogens is 3. The minimum absolute atomic E-state index is 0.0265. The number of ether oxygens (including phenoxy) is 2. The highest BCUT2D eigenvalue weighted by atomic mass is 35.5. The third kappa shape index (κ3) is 4.01. The molecule has 0 aromatic carbocycles. The normalized spacial score (nSPS) is 17.8. The van der Waals surface area contributed by atoms with E-state index in [1.54, 1.807) is 12.4 Å². The number of anilines is 1. The van der Waals surface area contributed by atoms with E-state index in [9.17, 15) is 0 Å². The smallest absolute Gasteiger partial charge is 0.257 e. The highest BCUT2D eigenvalue weighted by Crippen LogP contribution is 2.27. The molecule has 7 heteroatoms. The first-order chi connectivity index (χ1) is 11.3. The number of hydrogen-bond acceptors (Lipinski definition) is 6. The van der Waals surface area contributed by atoms with Crippen LogP contribution < -0.4 is 14.4 Å². The van der Waals surface area contributed by atoms with E-state index >= 15 is 0 Å². The van der Waals surface area contributed by atoms with Gasteiger partial charge in [-0.3, -0.25) is 4.98 Å². The van der Waals surface area contributed by atoms with Crippen molar-refractivity contribution in [2.45, 2.75) is 25.9 Å². The molecule has 1 atom stereocenters. The predicted molar refractivity (Wildman–Crippen MR) is 88.3 cm³/mol. The van der Waals surface area contributed by atoms with Gasteiger partial charge in [0, 0.05) is 12.7 Å². The fourth-order valence-electron chi connectivity index (χ4n) is 2.62. The van der Waals surface area contributed by atoms with Crippen LogP contribution in [0.3, 0.4) is 0 Å². The summed E-state index contributed by atoms with van der Waals surface area (Å²) in [6.45, 7) is 4.15. The molecule has 1 unspecified atom stereocenters. The Balaban J connectivity index is 1.70. The summed E-state index contributed by atoms with van der Waals surface area (Å²) in [4.78, 5) is 14.8. The number of hydrogen-bond donors (Lipinski definition) is 0. The lowest BCUT2D eigenvalue weighted by molar-refractivity contribution is 0.162. The van der Waals surface area contributed by atoms with Crippen LogP contribution in [0.4, 0.5) is 5.82 Å². The summed E-state index contributed by atoms with van der Waals surface area (Å²) in [6, 6.07) is 3.71. The lowest BCUT2D eigenvalue weighted by atomic mass is 10.1. The molecule has 1 fully saturated rings. The first-order valence-electron chi connectivity index (χ1n) is 7.73. The Morgan fingerprint density at radius 2 is 2.30 bits per heavy atom. The summed E-state index contributed by atoms with van der Waals surface area (Å²) in [5.74, 6) is 1.99. The summed E-state index contributed by atoms with van der Waals surface area (Å²) >= 11 is 5.93. The highest BCUT2D eigenvalue weighted by Gasteiger charge is 2.24. The maximum Gasteiger partial charge on any atom is 0.257 e. The zero-order valence-corrected chi connectivity index (χ0v) is 13.7. The molecule has 0 aliphatic carbocycles. The van der Waals surface area contributed by atoms with E-state index in [1.807, 2.05) is 19.1 Å². The standard InChI is InChI=1S/C16H19ClN4O2/c1-2-22-13-6-3-7-19-16(13)23-12-5-4-8-21(11-12)15-10-18-9-14(17)20-15/h3,6-7,9-10,12H,2,4-5,8,11H2,1H3. The van der Waals surface area contributed by atoms with Gasteiger partial charge in [0.2, 0.25) is 0 Å². The third-order valence-electron chi connectivity index (χ3n) is 3.61.